The van der Waals surface area contributed by atoms with Gasteiger partial charge >= 0.3 is 6.09 Å². The summed E-state index contributed by atoms with van der Waals surface area (Å²) < 4.78 is 19.6. The van der Waals surface area contributed by atoms with Crippen molar-refractivity contribution in [3.8, 4) is 11.3 Å². The Labute approximate surface area is 149 Å². The summed E-state index contributed by atoms with van der Waals surface area (Å²) in [4.78, 5) is 20.3. The Kier molecular flexibility index (Phi) is 3.88. The van der Waals surface area contributed by atoms with Crippen molar-refractivity contribution in [3.63, 3.8) is 0 Å². The normalized spacial score (nSPS) is 21.9. The third kappa shape index (κ3) is 2.69. The van der Waals surface area contributed by atoms with E-state index in [1.165, 1.54) is 18.3 Å². The first kappa shape index (κ1) is 16.2. The van der Waals surface area contributed by atoms with Crippen LogP contribution in [0.1, 0.15) is 24.2 Å². The summed E-state index contributed by atoms with van der Waals surface area (Å²) in [5.41, 5.74) is 1.48. The van der Waals surface area contributed by atoms with Gasteiger partial charge in [-0.3, -0.25) is 9.97 Å². The Bertz CT molecular complexity index is 964. The molecule has 1 aliphatic rings. The SMILES string of the molecule is C[C@@]1(c2cncc(-c3ncccc3F)c2)NC(=O)O[C@H]1c1ccccc1. The lowest BCUT2D eigenvalue weighted by Crippen LogP contribution is -2.39. The van der Waals surface area contributed by atoms with E-state index in [4.69, 9.17) is 4.74 Å². The molecule has 0 saturated carbocycles. The maximum Gasteiger partial charge on any atom is 0.408 e. The third-order valence-electron chi connectivity index (χ3n) is 4.58. The van der Waals surface area contributed by atoms with Gasteiger partial charge in [-0.05, 0) is 30.7 Å². The Morgan fingerprint density at radius 2 is 1.96 bits per heavy atom. The van der Waals surface area contributed by atoms with Crippen LogP contribution in [0.3, 0.4) is 0 Å². The van der Waals surface area contributed by atoms with Crippen molar-refractivity contribution in [2.45, 2.75) is 18.6 Å². The molecule has 5 nitrogen and oxygen atoms in total. The van der Waals surface area contributed by atoms with Gasteiger partial charge in [-0.2, -0.15) is 0 Å². The zero-order valence-electron chi connectivity index (χ0n) is 14.0. The predicted molar refractivity (Wildman–Crippen MR) is 93.6 cm³/mol. The number of pyridine rings is 2. The Morgan fingerprint density at radius 3 is 2.73 bits per heavy atom. The molecule has 0 radical (unpaired) electrons. The van der Waals surface area contributed by atoms with Crippen LogP contribution in [0.5, 0.6) is 0 Å². The molecular weight excluding hydrogens is 333 g/mol. The number of carbonyl (C=O) groups is 1. The lowest BCUT2D eigenvalue weighted by molar-refractivity contribution is 0.112. The molecule has 1 fully saturated rings. The highest BCUT2D eigenvalue weighted by atomic mass is 19.1. The molecular formula is C20H16FN3O2. The number of carbonyl (C=O) groups excluding carboxylic acids is 1. The maximum atomic E-state index is 14.1. The molecule has 0 aliphatic carbocycles. The molecule has 130 valence electrons. The van der Waals surface area contributed by atoms with E-state index in [0.29, 0.717) is 11.1 Å². The smallest absolute Gasteiger partial charge is 0.408 e. The number of alkyl carbamates (subject to hydrolysis) is 1. The molecule has 3 aromatic rings. The zero-order chi connectivity index (χ0) is 18.1. The van der Waals surface area contributed by atoms with Crippen molar-refractivity contribution < 1.29 is 13.9 Å². The number of cyclic esters (lactones) is 1. The number of aromatic nitrogens is 2. The summed E-state index contributed by atoms with van der Waals surface area (Å²) in [6, 6.07) is 14.1. The van der Waals surface area contributed by atoms with Crippen molar-refractivity contribution in [1.29, 1.82) is 0 Å². The average Bonchev–Trinajstić information content (AvgIpc) is 2.98. The molecule has 2 aromatic heterocycles. The molecule has 0 spiro atoms. The van der Waals surface area contributed by atoms with Gasteiger partial charge in [0.25, 0.3) is 0 Å². The van der Waals surface area contributed by atoms with Crippen molar-refractivity contribution >= 4 is 6.09 Å². The van der Waals surface area contributed by atoms with Crippen LogP contribution in [-0.2, 0) is 10.3 Å². The van der Waals surface area contributed by atoms with E-state index in [2.05, 4.69) is 15.3 Å². The van der Waals surface area contributed by atoms with Crippen LogP contribution < -0.4 is 5.32 Å². The lowest BCUT2D eigenvalue weighted by atomic mass is 9.84. The van der Waals surface area contributed by atoms with Crippen LogP contribution in [0.15, 0.2) is 67.1 Å². The van der Waals surface area contributed by atoms with Crippen molar-refractivity contribution in [2.75, 3.05) is 0 Å². The van der Waals surface area contributed by atoms with Gasteiger partial charge < -0.3 is 10.1 Å². The van der Waals surface area contributed by atoms with Crippen molar-refractivity contribution in [2.24, 2.45) is 0 Å². The zero-order valence-corrected chi connectivity index (χ0v) is 14.0. The fourth-order valence-electron chi connectivity index (χ4n) is 3.24. The first-order valence-corrected chi connectivity index (χ1v) is 8.18. The van der Waals surface area contributed by atoms with Crippen LogP contribution in [-0.4, -0.2) is 16.1 Å². The minimum Gasteiger partial charge on any atom is -0.438 e. The standard InChI is InChI=1S/C20H16FN3O2/c1-20(18(26-19(25)24-20)13-6-3-2-4-7-13)15-10-14(11-22-12-15)17-16(21)8-5-9-23-17/h2-12,18H,1H3,(H,24,25)/t18-,20-/m0/s1. The monoisotopic (exact) mass is 349 g/mol. The molecule has 2 atom stereocenters. The van der Waals surface area contributed by atoms with Gasteiger partial charge in [0.05, 0.1) is 0 Å². The number of nitrogens with one attached hydrogen (secondary N) is 1. The van der Waals surface area contributed by atoms with Gasteiger partial charge in [0.2, 0.25) is 0 Å². The van der Waals surface area contributed by atoms with Crippen molar-refractivity contribution in [3.05, 3.63) is 84.1 Å². The van der Waals surface area contributed by atoms with E-state index in [0.717, 1.165) is 5.56 Å². The molecule has 26 heavy (non-hydrogen) atoms. The van der Waals surface area contributed by atoms with E-state index in [-0.39, 0.29) is 5.69 Å². The quantitative estimate of drug-likeness (QED) is 0.777. The lowest BCUT2D eigenvalue weighted by Gasteiger charge is -2.29. The van der Waals surface area contributed by atoms with Gasteiger partial charge in [-0.1, -0.05) is 30.3 Å². The fraction of sp³-hybridized carbons (Fsp3) is 0.150. The molecule has 1 aliphatic heterocycles. The topological polar surface area (TPSA) is 64.1 Å². The molecule has 1 amide bonds. The second kappa shape index (κ2) is 6.22. The number of amides is 1. The number of hydrogen-bond acceptors (Lipinski definition) is 4. The number of ether oxygens (including phenoxy) is 1. The second-order valence-electron chi connectivity index (χ2n) is 6.32. The molecule has 4 rings (SSSR count). The number of rotatable bonds is 3. The minimum absolute atomic E-state index is 0.215. The molecule has 6 heteroatoms. The molecule has 1 aromatic carbocycles. The number of halogens is 1. The summed E-state index contributed by atoms with van der Waals surface area (Å²) in [6.45, 7) is 1.87. The Balaban J connectivity index is 1.80. The molecule has 0 bridgehead atoms. The molecule has 1 N–H and O–H groups in total. The van der Waals surface area contributed by atoms with E-state index >= 15 is 0 Å². The fourth-order valence-corrected chi connectivity index (χ4v) is 3.24. The summed E-state index contributed by atoms with van der Waals surface area (Å²) in [5, 5.41) is 2.87. The first-order valence-electron chi connectivity index (χ1n) is 8.18. The first-order chi connectivity index (χ1) is 12.6. The van der Waals surface area contributed by atoms with Crippen LogP contribution in [0, 0.1) is 5.82 Å². The molecule has 3 heterocycles. The Hall–Kier alpha value is -3.28. The predicted octanol–water partition coefficient (Wildman–Crippen LogP) is 3.98. The van der Waals surface area contributed by atoms with Gasteiger partial charge in [-0.15, -0.1) is 0 Å². The summed E-state index contributed by atoms with van der Waals surface area (Å²) in [7, 11) is 0. The second-order valence-corrected chi connectivity index (χ2v) is 6.32. The number of hydrogen-bond donors (Lipinski definition) is 1. The van der Waals surface area contributed by atoms with E-state index in [1.54, 1.807) is 18.5 Å². The highest BCUT2D eigenvalue weighted by Crippen LogP contribution is 2.42. The minimum atomic E-state index is -0.841. The van der Waals surface area contributed by atoms with Gasteiger partial charge in [0, 0.05) is 29.7 Å². The molecule has 1 saturated heterocycles. The van der Waals surface area contributed by atoms with Crippen LogP contribution in [0.25, 0.3) is 11.3 Å². The van der Waals surface area contributed by atoms with Gasteiger partial charge in [0.1, 0.15) is 17.1 Å². The average molecular weight is 349 g/mol. The third-order valence-corrected chi connectivity index (χ3v) is 4.58. The van der Waals surface area contributed by atoms with E-state index < -0.39 is 23.6 Å². The van der Waals surface area contributed by atoms with Crippen LogP contribution >= 0.6 is 0 Å². The van der Waals surface area contributed by atoms with Crippen molar-refractivity contribution in [1.82, 2.24) is 15.3 Å². The Morgan fingerprint density at radius 1 is 1.15 bits per heavy atom. The van der Waals surface area contributed by atoms with Crippen LogP contribution in [0.2, 0.25) is 0 Å². The van der Waals surface area contributed by atoms with E-state index in [1.807, 2.05) is 37.3 Å². The summed E-state index contributed by atoms with van der Waals surface area (Å²) >= 11 is 0. The summed E-state index contributed by atoms with van der Waals surface area (Å²) in [6.07, 6.45) is 3.69. The van der Waals surface area contributed by atoms with Crippen LogP contribution in [0.4, 0.5) is 9.18 Å². The highest BCUT2D eigenvalue weighted by molar-refractivity contribution is 5.73. The largest absolute Gasteiger partial charge is 0.438 e. The number of benzene rings is 1. The molecule has 0 unspecified atom stereocenters. The van der Waals surface area contributed by atoms with Gasteiger partial charge in [0.15, 0.2) is 6.10 Å². The highest BCUT2D eigenvalue weighted by Gasteiger charge is 2.47. The summed E-state index contributed by atoms with van der Waals surface area (Å²) in [5.74, 6) is -0.428. The van der Waals surface area contributed by atoms with E-state index in [9.17, 15) is 9.18 Å². The maximum absolute atomic E-state index is 14.1. The number of nitrogens with zero attached hydrogens (tertiary/aromatic N) is 2. The van der Waals surface area contributed by atoms with Gasteiger partial charge in [-0.25, -0.2) is 9.18 Å².